The van der Waals surface area contributed by atoms with Gasteiger partial charge in [0, 0.05) is 22.5 Å². The smallest absolute Gasteiger partial charge is 0.0520 e. The van der Waals surface area contributed by atoms with Gasteiger partial charge in [0.2, 0.25) is 0 Å². The molecule has 4 heteroatoms. The molecule has 8 heavy (non-hydrogen) atoms. The monoisotopic (exact) mass is 101 g/mol. The summed E-state index contributed by atoms with van der Waals surface area (Å²) in [6, 6.07) is 0. The van der Waals surface area contributed by atoms with Crippen LogP contribution in [0.15, 0.2) is 0 Å². The Balaban J connectivity index is 3.62. The molecule has 0 heterocycles. The normalized spacial score (nSPS) is 10.9. The maximum atomic E-state index is 5.57. The van der Waals surface area contributed by atoms with Crippen molar-refractivity contribution in [3.05, 3.63) is 0 Å². The highest BCUT2D eigenvalue weighted by Crippen LogP contribution is 2.23. The van der Waals surface area contributed by atoms with Gasteiger partial charge in [0.05, 0.1) is 6.49 Å². The second kappa shape index (κ2) is 2.70. The first-order valence-electron chi connectivity index (χ1n) is 2.79. The van der Waals surface area contributed by atoms with Crippen molar-refractivity contribution in [3.8, 4) is 0 Å². The molecule has 0 aromatic carbocycles. The van der Waals surface area contributed by atoms with E-state index >= 15 is 0 Å². The maximum Gasteiger partial charge on any atom is 0.0520 e. The maximum absolute atomic E-state index is 5.57. The summed E-state index contributed by atoms with van der Waals surface area (Å²) >= 11 is 0. The molecule has 0 aliphatic carbocycles. The molecule has 37 valence electrons. The minimum atomic E-state index is 0.00231. The lowest BCUT2D eigenvalue weighted by molar-refractivity contribution is 0.758. The quantitative estimate of drug-likeness (QED) is 0.414. The van der Waals surface area contributed by atoms with E-state index in [1.807, 2.05) is 0 Å². The number of rotatable bonds is 1. The molecule has 0 aromatic rings. The Morgan fingerprint density at radius 2 is 1.75 bits per heavy atom. The molecule has 0 N–H and O–H groups in total. The largest absolute Gasteiger partial charge is 0.0760 e. The lowest BCUT2D eigenvalue weighted by atomic mass is 8.99. The molecule has 0 saturated heterocycles. The molecule has 0 spiro atoms. The van der Waals surface area contributed by atoms with E-state index in [2.05, 4.69) is 20.8 Å². The van der Waals surface area contributed by atoms with Crippen molar-refractivity contribution in [1.82, 2.24) is 0 Å². The fourth-order valence-corrected chi connectivity index (χ4v) is 0.289. The average molecular weight is 100 g/mol. The van der Waals surface area contributed by atoms with Gasteiger partial charge in [-0.1, -0.05) is 26.1 Å². The van der Waals surface area contributed by atoms with Crippen LogP contribution in [-0.4, -0.2) is 29.0 Å². The van der Waals surface area contributed by atoms with Gasteiger partial charge in [0.1, 0.15) is 0 Å². The van der Waals surface area contributed by atoms with E-state index in [1.165, 1.54) is 7.06 Å². The van der Waals surface area contributed by atoms with Gasteiger partial charge >= 0.3 is 0 Å². The molecule has 0 unspecified atom stereocenters. The third kappa shape index (κ3) is 2.54. The summed E-state index contributed by atoms with van der Waals surface area (Å²) in [5.41, 5.74) is 0. The highest BCUT2D eigenvalue weighted by atomic mass is 14.0. The zero-order chi connectivity index (χ0) is 6.78. The van der Waals surface area contributed by atoms with Crippen LogP contribution in [0.4, 0.5) is 0 Å². The van der Waals surface area contributed by atoms with E-state index in [9.17, 15) is 0 Å². The van der Waals surface area contributed by atoms with Gasteiger partial charge in [-0.15, -0.1) is 0 Å². The molecule has 0 saturated carbocycles. The van der Waals surface area contributed by atoms with E-state index in [0.717, 1.165) is 0 Å². The molecule has 0 aliphatic rings. The Bertz CT molecular complexity index is 64.9. The first-order chi connectivity index (χ1) is 3.48. The van der Waals surface area contributed by atoms with Crippen LogP contribution < -0.4 is 0 Å². The molecule has 5 radical (unpaired) electrons. The van der Waals surface area contributed by atoms with Crippen LogP contribution in [0, 0.1) is 0 Å². The fourth-order valence-electron chi connectivity index (χ4n) is 0.289. The molecule has 0 amide bonds. The highest BCUT2D eigenvalue weighted by Gasteiger charge is 2.18. The van der Waals surface area contributed by atoms with Crippen molar-refractivity contribution in [2.75, 3.05) is 0 Å². The third-order valence-corrected chi connectivity index (χ3v) is 1.21. The average Bonchev–Trinajstić information content (AvgIpc) is 1.62. The summed E-state index contributed by atoms with van der Waals surface area (Å²) in [6.45, 7) is 6.17. The van der Waals surface area contributed by atoms with Crippen LogP contribution in [0.5, 0.6) is 0 Å². The SMILES string of the molecule is [B][B]B([B])C(C)(C)C. The van der Waals surface area contributed by atoms with Gasteiger partial charge in [0.25, 0.3) is 0 Å². The lowest BCUT2D eigenvalue weighted by Crippen LogP contribution is -2.33. The summed E-state index contributed by atoms with van der Waals surface area (Å²) in [7, 11) is 12.3. The predicted octanol–water partition coefficient (Wildman–Crippen LogP) is 0.231. The van der Waals surface area contributed by atoms with Crippen LogP contribution in [-0.2, 0) is 0 Å². The molecule has 0 bridgehead atoms. The van der Waals surface area contributed by atoms with E-state index in [4.69, 9.17) is 15.5 Å². The van der Waals surface area contributed by atoms with Gasteiger partial charge in [0.15, 0.2) is 0 Å². The predicted molar refractivity (Wildman–Crippen MR) is 42.7 cm³/mol. The second-order valence-corrected chi connectivity index (χ2v) is 3.08. The van der Waals surface area contributed by atoms with Gasteiger partial charge in [-0.25, -0.2) is 0 Å². The molecule has 0 nitrogen and oxygen atoms in total. The van der Waals surface area contributed by atoms with Crippen LogP contribution in [0.25, 0.3) is 0 Å². The second-order valence-electron chi connectivity index (χ2n) is 3.08. The first kappa shape index (κ1) is 8.26. The Kier molecular flexibility index (Phi) is 2.79. The number of hydrogen-bond donors (Lipinski definition) is 0. The molecule has 0 aliphatic heterocycles. The molecular weight excluding hydrogens is 91.3 g/mol. The zero-order valence-corrected chi connectivity index (χ0v) is 5.81. The lowest BCUT2D eigenvalue weighted by Gasteiger charge is -2.23. The third-order valence-electron chi connectivity index (χ3n) is 1.21. The summed E-state index contributed by atoms with van der Waals surface area (Å²) in [6.07, 6.45) is 0. The van der Waals surface area contributed by atoms with Gasteiger partial charge < -0.3 is 0 Å². The van der Waals surface area contributed by atoms with Crippen molar-refractivity contribution in [3.63, 3.8) is 0 Å². The topological polar surface area (TPSA) is 0 Å². The summed E-state index contributed by atoms with van der Waals surface area (Å²) in [5.74, 6) is 0. The van der Waals surface area contributed by atoms with Gasteiger partial charge in [-0.3, -0.25) is 0 Å². The standard InChI is InChI=1S/C4H9B4/c1-4(2,3)8(6)7-5/h1-3H3. The molecule has 0 aromatic heterocycles. The highest BCUT2D eigenvalue weighted by molar-refractivity contribution is 7.47. The Morgan fingerprint density at radius 1 is 1.38 bits per heavy atom. The fraction of sp³-hybridized carbons (Fsp3) is 1.00. The van der Waals surface area contributed by atoms with Gasteiger partial charge in [-0.05, 0) is 0 Å². The van der Waals surface area contributed by atoms with E-state index in [-0.39, 0.29) is 11.8 Å². The summed E-state index contributed by atoms with van der Waals surface area (Å²) in [5, 5.41) is 0.106. The van der Waals surface area contributed by atoms with E-state index in [0.29, 0.717) is 0 Å². The van der Waals surface area contributed by atoms with Crippen molar-refractivity contribution < 1.29 is 0 Å². The van der Waals surface area contributed by atoms with Crippen LogP contribution >= 0.6 is 0 Å². The van der Waals surface area contributed by atoms with Crippen molar-refractivity contribution in [2.24, 2.45) is 0 Å². The van der Waals surface area contributed by atoms with Crippen molar-refractivity contribution in [2.45, 2.75) is 26.1 Å². The first-order valence-corrected chi connectivity index (χ1v) is 2.79. The van der Waals surface area contributed by atoms with Crippen LogP contribution in [0.2, 0.25) is 5.31 Å². The Hall–Kier alpha value is 0.260. The molecular formula is C4H9B4. The minimum Gasteiger partial charge on any atom is -0.0760 e. The Labute approximate surface area is 55.9 Å². The molecule has 0 fully saturated rings. The van der Waals surface area contributed by atoms with Crippen molar-refractivity contribution in [1.29, 1.82) is 0 Å². The van der Waals surface area contributed by atoms with Crippen molar-refractivity contribution >= 4 is 29.0 Å². The van der Waals surface area contributed by atoms with Crippen LogP contribution in [0.3, 0.4) is 0 Å². The Morgan fingerprint density at radius 3 is 1.75 bits per heavy atom. The summed E-state index contributed by atoms with van der Waals surface area (Å²) < 4.78 is 0. The van der Waals surface area contributed by atoms with Crippen LogP contribution in [0.1, 0.15) is 20.8 Å². The molecule has 0 atom stereocenters. The zero-order valence-electron chi connectivity index (χ0n) is 5.81. The molecule has 0 rings (SSSR count). The van der Waals surface area contributed by atoms with E-state index in [1.54, 1.807) is 0 Å². The van der Waals surface area contributed by atoms with E-state index < -0.39 is 0 Å². The summed E-state index contributed by atoms with van der Waals surface area (Å²) in [4.78, 5) is 0. The minimum absolute atomic E-state index is 0.00231. The number of hydrogen-bond acceptors (Lipinski definition) is 0. The van der Waals surface area contributed by atoms with Gasteiger partial charge in [-0.2, -0.15) is 0 Å².